The van der Waals surface area contributed by atoms with E-state index in [0.29, 0.717) is 25.7 Å². The summed E-state index contributed by atoms with van der Waals surface area (Å²) >= 11 is 5.58. The van der Waals surface area contributed by atoms with Gasteiger partial charge in [0.1, 0.15) is 0 Å². The van der Waals surface area contributed by atoms with Crippen molar-refractivity contribution in [2.45, 2.75) is 20.3 Å². The minimum absolute atomic E-state index is 0.251. The molecule has 0 radical (unpaired) electrons. The van der Waals surface area contributed by atoms with Crippen LogP contribution in [0.25, 0.3) is 0 Å². The fourth-order valence-electron chi connectivity index (χ4n) is 1.19. The van der Waals surface area contributed by atoms with Crippen LogP contribution in [-0.2, 0) is 4.74 Å². The van der Waals surface area contributed by atoms with Crippen molar-refractivity contribution in [2.75, 3.05) is 19.8 Å². The fourth-order valence-corrected chi connectivity index (χ4v) is 1.29. The standard InChI is InChI=1S/C12H18ClN3O2/c1-9(2)5-7-18-8-6-14-12(17)10-3-4-11(13)16-15-10/h3-4,9H,5-8H2,1-2H3,(H,14,17). The van der Waals surface area contributed by atoms with E-state index in [1.807, 2.05) is 0 Å². The molecule has 6 heteroatoms. The molecule has 0 aliphatic heterocycles. The van der Waals surface area contributed by atoms with Crippen LogP contribution >= 0.6 is 11.6 Å². The van der Waals surface area contributed by atoms with Gasteiger partial charge in [-0.15, -0.1) is 10.2 Å². The summed E-state index contributed by atoms with van der Waals surface area (Å²) in [6.07, 6.45) is 1.02. The molecule has 0 unspecified atom stereocenters. The van der Waals surface area contributed by atoms with Gasteiger partial charge >= 0.3 is 0 Å². The summed E-state index contributed by atoms with van der Waals surface area (Å²) < 4.78 is 5.38. The minimum atomic E-state index is -0.272. The highest BCUT2D eigenvalue weighted by Gasteiger charge is 2.06. The van der Waals surface area contributed by atoms with Crippen LogP contribution in [0.5, 0.6) is 0 Å². The third-order valence-electron chi connectivity index (χ3n) is 2.24. The summed E-state index contributed by atoms with van der Waals surface area (Å²) in [5.74, 6) is 0.357. The molecule has 0 saturated carbocycles. The average molecular weight is 272 g/mol. The summed E-state index contributed by atoms with van der Waals surface area (Å²) in [6.45, 7) is 5.96. The SMILES string of the molecule is CC(C)CCOCCNC(=O)c1ccc(Cl)nn1. The van der Waals surface area contributed by atoms with E-state index in [4.69, 9.17) is 16.3 Å². The van der Waals surface area contributed by atoms with Gasteiger partial charge < -0.3 is 10.1 Å². The van der Waals surface area contributed by atoms with Gasteiger partial charge in [-0.3, -0.25) is 4.79 Å². The number of carbonyl (C=O) groups excluding carboxylic acids is 1. The van der Waals surface area contributed by atoms with E-state index in [1.54, 1.807) is 0 Å². The van der Waals surface area contributed by atoms with E-state index in [1.165, 1.54) is 12.1 Å². The lowest BCUT2D eigenvalue weighted by atomic mass is 10.1. The summed E-state index contributed by atoms with van der Waals surface area (Å²) in [4.78, 5) is 11.6. The van der Waals surface area contributed by atoms with Gasteiger partial charge in [-0.25, -0.2) is 0 Å². The molecule has 100 valence electrons. The molecule has 1 aromatic heterocycles. The van der Waals surface area contributed by atoms with Crippen LogP contribution in [0, 0.1) is 5.92 Å². The molecule has 1 N–H and O–H groups in total. The third kappa shape index (κ3) is 5.93. The van der Waals surface area contributed by atoms with Crippen LogP contribution < -0.4 is 5.32 Å². The molecule has 0 aliphatic carbocycles. The largest absolute Gasteiger partial charge is 0.380 e. The molecule has 1 rings (SSSR count). The van der Waals surface area contributed by atoms with Crippen molar-refractivity contribution in [3.05, 3.63) is 23.0 Å². The Balaban J connectivity index is 2.16. The van der Waals surface area contributed by atoms with E-state index >= 15 is 0 Å². The molecule has 0 fully saturated rings. The van der Waals surface area contributed by atoms with Crippen LogP contribution in [0.3, 0.4) is 0 Å². The van der Waals surface area contributed by atoms with Gasteiger partial charge in [-0.05, 0) is 24.5 Å². The molecule has 5 nitrogen and oxygen atoms in total. The highest BCUT2D eigenvalue weighted by Crippen LogP contribution is 2.01. The second kappa shape index (κ2) is 8.00. The number of rotatable bonds is 7. The van der Waals surface area contributed by atoms with E-state index in [0.717, 1.165) is 6.42 Å². The molecule has 18 heavy (non-hydrogen) atoms. The van der Waals surface area contributed by atoms with Gasteiger partial charge in [-0.1, -0.05) is 25.4 Å². The number of carbonyl (C=O) groups is 1. The number of hydrogen-bond donors (Lipinski definition) is 1. The van der Waals surface area contributed by atoms with Crippen LogP contribution in [0.2, 0.25) is 5.15 Å². The molecule has 0 bridgehead atoms. The van der Waals surface area contributed by atoms with Crippen molar-refractivity contribution in [3.8, 4) is 0 Å². The Labute approximate surface area is 112 Å². The van der Waals surface area contributed by atoms with E-state index in [-0.39, 0.29) is 16.8 Å². The van der Waals surface area contributed by atoms with E-state index in [2.05, 4.69) is 29.4 Å². The number of halogens is 1. The number of hydrogen-bond acceptors (Lipinski definition) is 4. The van der Waals surface area contributed by atoms with Crippen molar-refractivity contribution >= 4 is 17.5 Å². The number of nitrogens with zero attached hydrogens (tertiary/aromatic N) is 2. The van der Waals surface area contributed by atoms with Gasteiger partial charge in [0.25, 0.3) is 5.91 Å². The lowest BCUT2D eigenvalue weighted by Crippen LogP contribution is -2.28. The minimum Gasteiger partial charge on any atom is -0.380 e. The molecule has 1 heterocycles. The van der Waals surface area contributed by atoms with Crippen LogP contribution in [0.1, 0.15) is 30.8 Å². The lowest BCUT2D eigenvalue weighted by molar-refractivity contribution is 0.0900. The summed E-state index contributed by atoms with van der Waals surface area (Å²) in [5, 5.41) is 10.2. The first-order chi connectivity index (χ1) is 8.59. The molecular formula is C12H18ClN3O2. The first kappa shape index (κ1) is 14.9. The summed E-state index contributed by atoms with van der Waals surface area (Å²) in [6, 6.07) is 3.06. The molecule has 0 aliphatic rings. The summed E-state index contributed by atoms with van der Waals surface area (Å²) in [7, 11) is 0. The smallest absolute Gasteiger partial charge is 0.271 e. The zero-order chi connectivity index (χ0) is 13.4. The van der Waals surface area contributed by atoms with Gasteiger partial charge in [-0.2, -0.15) is 0 Å². The Hall–Kier alpha value is -1.20. The molecule has 0 aromatic carbocycles. The van der Waals surface area contributed by atoms with Crippen molar-refractivity contribution in [1.29, 1.82) is 0 Å². The molecule has 0 saturated heterocycles. The predicted molar refractivity (Wildman–Crippen MR) is 69.6 cm³/mol. The molecule has 1 amide bonds. The molecule has 0 spiro atoms. The Bertz CT molecular complexity index is 368. The van der Waals surface area contributed by atoms with Gasteiger partial charge in [0.2, 0.25) is 0 Å². The van der Waals surface area contributed by atoms with Crippen LogP contribution in [0.4, 0.5) is 0 Å². The number of aromatic nitrogens is 2. The predicted octanol–water partition coefficient (Wildman–Crippen LogP) is 1.92. The Kier molecular flexibility index (Phi) is 6.60. The zero-order valence-electron chi connectivity index (χ0n) is 10.6. The monoisotopic (exact) mass is 271 g/mol. The Morgan fingerprint density at radius 2 is 2.17 bits per heavy atom. The Morgan fingerprint density at radius 1 is 1.39 bits per heavy atom. The molecule has 1 aromatic rings. The second-order valence-corrected chi connectivity index (χ2v) is 4.68. The maximum Gasteiger partial charge on any atom is 0.271 e. The van der Waals surface area contributed by atoms with Gasteiger partial charge in [0.05, 0.1) is 6.61 Å². The lowest BCUT2D eigenvalue weighted by Gasteiger charge is -2.07. The topological polar surface area (TPSA) is 64.1 Å². The first-order valence-electron chi connectivity index (χ1n) is 5.94. The average Bonchev–Trinajstić information content (AvgIpc) is 2.34. The van der Waals surface area contributed by atoms with Crippen molar-refractivity contribution < 1.29 is 9.53 Å². The van der Waals surface area contributed by atoms with Gasteiger partial charge in [0, 0.05) is 13.2 Å². The normalized spacial score (nSPS) is 10.7. The van der Waals surface area contributed by atoms with Crippen LogP contribution in [-0.4, -0.2) is 35.9 Å². The second-order valence-electron chi connectivity index (χ2n) is 4.29. The van der Waals surface area contributed by atoms with Crippen LogP contribution in [0.15, 0.2) is 12.1 Å². The van der Waals surface area contributed by atoms with E-state index in [9.17, 15) is 4.79 Å². The number of amides is 1. The highest BCUT2D eigenvalue weighted by molar-refractivity contribution is 6.29. The van der Waals surface area contributed by atoms with Crippen molar-refractivity contribution in [1.82, 2.24) is 15.5 Å². The summed E-state index contributed by atoms with van der Waals surface area (Å²) in [5.41, 5.74) is 0.251. The van der Waals surface area contributed by atoms with E-state index < -0.39 is 0 Å². The number of ether oxygens (including phenoxy) is 1. The van der Waals surface area contributed by atoms with Crippen molar-refractivity contribution in [2.24, 2.45) is 5.92 Å². The maximum atomic E-state index is 11.6. The quantitative estimate of drug-likeness (QED) is 0.770. The maximum absolute atomic E-state index is 11.6. The highest BCUT2D eigenvalue weighted by atomic mass is 35.5. The third-order valence-corrected chi connectivity index (χ3v) is 2.44. The van der Waals surface area contributed by atoms with Crippen molar-refractivity contribution in [3.63, 3.8) is 0 Å². The first-order valence-corrected chi connectivity index (χ1v) is 6.32. The molecule has 0 atom stereocenters. The molecular weight excluding hydrogens is 254 g/mol. The number of nitrogens with one attached hydrogen (secondary N) is 1. The van der Waals surface area contributed by atoms with Gasteiger partial charge in [0.15, 0.2) is 10.8 Å². The Morgan fingerprint density at radius 3 is 2.78 bits per heavy atom. The zero-order valence-corrected chi connectivity index (χ0v) is 11.4. The fraction of sp³-hybridized carbons (Fsp3) is 0.583.